The van der Waals surface area contributed by atoms with Crippen molar-refractivity contribution in [3.8, 4) is 5.75 Å². The minimum atomic E-state index is -3.60. The van der Waals surface area contributed by atoms with Gasteiger partial charge in [-0.1, -0.05) is 6.42 Å². The molecule has 1 aliphatic heterocycles. The number of sulfonamides is 1. The van der Waals surface area contributed by atoms with Crippen LogP contribution < -0.4 is 10.1 Å². The number of benzene rings is 2. The predicted molar refractivity (Wildman–Crippen MR) is 105 cm³/mol. The summed E-state index contributed by atoms with van der Waals surface area (Å²) in [5.74, 6) is -0.456. The lowest BCUT2D eigenvalue weighted by Crippen LogP contribution is -2.41. The van der Waals surface area contributed by atoms with Crippen molar-refractivity contribution in [3.63, 3.8) is 0 Å². The lowest BCUT2D eigenvalue weighted by atomic mass is 10.1. The molecule has 1 fully saturated rings. The van der Waals surface area contributed by atoms with E-state index in [1.807, 2.05) is 6.92 Å². The zero-order chi connectivity index (χ0) is 21.0. The van der Waals surface area contributed by atoms with E-state index in [1.54, 1.807) is 0 Å². The van der Waals surface area contributed by atoms with Crippen LogP contribution in [0.2, 0.25) is 0 Å². The van der Waals surface area contributed by atoms with Gasteiger partial charge in [0.2, 0.25) is 10.0 Å². The van der Waals surface area contributed by atoms with E-state index in [1.165, 1.54) is 52.8 Å². The highest BCUT2D eigenvalue weighted by atomic mass is 32.2. The monoisotopic (exact) mass is 424 g/mol. The van der Waals surface area contributed by atoms with Gasteiger partial charge in [-0.25, -0.2) is 8.42 Å². The van der Waals surface area contributed by atoms with Crippen molar-refractivity contribution in [1.29, 1.82) is 0 Å². The van der Waals surface area contributed by atoms with Crippen LogP contribution in [0, 0.1) is 0 Å². The number of carbonyl (C=O) groups is 1. The van der Waals surface area contributed by atoms with Gasteiger partial charge in [0.1, 0.15) is 5.75 Å². The fourth-order valence-corrected chi connectivity index (χ4v) is 4.96. The molecule has 0 radical (unpaired) electrons. The second-order valence-corrected chi connectivity index (χ2v) is 8.73. The maximum Gasteiger partial charge on any atom is 0.387 e. The number of carbonyl (C=O) groups excluding carboxylic acids is 1. The minimum absolute atomic E-state index is 0.0144. The molecule has 1 N–H and O–H groups in total. The molecule has 0 saturated carbocycles. The molecule has 6 nitrogen and oxygen atoms in total. The normalized spacial score (nSPS) is 17.9. The van der Waals surface area contributed by atoms with Gasteiger partial charge in [0.15, 0.2) is 0 Å². The SMILES string of the molecule is CC1CCCCN1S(=O)(=O)c1ccc(C(=O)Nc2ccc(OC(F)F)cc2)cc1. The standard InChI is InChI=1S/C20H22F2N2O4S/c1-14-4-2-3-13-24(14)29(26,27)18-11-5-15(6-12-18)19(25)23-16-7-9-17(10-8-16)28-20(21)22/h5-12,14,20H,2-4,13H2,1H3,(H,23,25). The minimum Gasteiger partial charge on any atom is -0.435 e. The molecule has 29 heavy (non-hydrogen) atoms. The Labute approximate surface area is 168 Å². The van der Waals surface area contributed by atoms with E-state index in [0.717, 1.165) is 19.3 Å². The van der Waals surface area contributed by atoms with Crippen molar-refractivity contribution in [1.82, 2.24) is 4.31 Å². The number of amides is 1. The molecule has 0 spiro atoms. The van der Waals surface area contributed by atoms with Gasteiger partial charge < -0.3 is 10.1 Å². The van der Waals surface area contributed by atoms with Crippen LogP contribution in [0.15, 0.2) is 53.4 Å². The largest absolute Gasteiger partial charge is 0.435 e. The number of hydrogen-bond acceptors (Lipinski definition) is 4. The van der Waals surface area contributed by atoms with Crippen LogP contribution in [-0.4, -0.2) is 37.8 Å². The van der Waals surface area contributed by atoms with E-state index in [0.29, 0.717) is 12.2 Å². The van der Waals surface area contributed by atoms with Crippen LogP contribution in [0.4, 0.5) is 14.5 Å². The zero-order valence-electron chi connectivity index (χ0n) is 15.8. The number of hydrogen-bond donors (Lipinski definition) is 1. The molecular weight excluding hydrogens is 402 g/mol. The molecule has 1 unspecified atom stereocenters. The van der Waals surface area contributed by atoms with E-state index >= 15 is 0 Å². The molecular formula is C20H22F2N2O4S. The number of halogens is 2. The number of rotatable bonds is 6. The van der Waals surface area contributed by atoms with Gasteiger partial charge in [0.05, 0.1) is 4.90 Å². The summed E-state index contributed by atoms with van der Waals surface area (Å²) in [6, 6.07) is 11.2. The van der Waals surface area contributed by atoms with Crippen LogP contribution in [0.5, 0.6) is 5.75 Å². The van der Waals surface area contributed by atoms with E-state index in [4.69, 9.17) is 0 Å². The highest BCUT2D eigenvalue weighted by Gasteiger charge is 2.30. The lowest BCUT2D eigenvalue weighted by molar-refractivity contribution is -0.0498. The maximum atomic E-state index is 12.8. The van der Waals surface area contributed by atoms with Crippen LogP contribution in [0.1, 0.15) is 36.5 Å². The molecule has 156 valence electrons. The van der Waals surface area contributed by atoms with Crippen LogP contribution >= 0.6 is 0 Å². The molecule has 0 aliphatic carbocycles. The van der Waals surface area contributed by atoms with Gasteiger partial charge in [0.25, 0.3) is 5.91 Å². The fourth-order valence-electron chi connectivity index (χ4n) is 3.27. The first-order valence-corrected chi connectivity index (χ1v) is 10.7. The van der Waals surface area contributed by atoms with Crippen LogP contribution in [0.25, 0.3) is 0 Å². The summed E-state index contributed by atoms with van der Waals surface area (Å²) < 4.78 is 55.8. The second-order valence-electron chi connectivity index (χ2n) is 6.84. The first-order chi connectivity index (χ1) is 13.8. The first-order valence-electron chi connectivity index (χ1n) is 9.25. The van der Waals surface area contributed by atoms with Crippen LogP contribution in [0.3, 0.4) is 0 Å². The third-order valence-electron chi connectivity index (χ3n) is 4.80. The Morgan fingerprint density at radius 2 is 1.76 bits per heavy atom. The summed E-state index contributed by atoms with van der Waals surface area (Å²) >= 11 is 0. The maximum absolute atomic E-state index is 12.8. The summed E-state index contributed by atoms with van der Waals surface area (Å²) in [5.41, 5.74) is 0.680. The number of nitrogens with zero attached hydrogens (tertiary/aromatic N) is 1. The third-order valence-corrected chi connectivity index (χ3v) is 6.83. The number of piperidine rings is 1. The third kappa shape index (κ3) is 5.10. The molecule has 2 aromatic rings. The van der Waals surface area contributed by atoms with Gasteiger partial charge in [-0.2, -0.15) is 13.1 Å². The predicted octanol–water partition coefficient (Wildman–Crippen LogP) is 4.10. The van der Waals surface area contributed by atoms with Crippen molar-refractivity contribution in [3.05, 3.63) is 54.1 Å². The Bertz CT molecular complexity index is 947. The Balaban J connectivity index is 1.68. The molecule has 1 amide bonds. The Kier molecular flexibility index (Phi) is 6.49. The highest BCUT2D eigenvalue weighted by molar-refractivity contribution is 7.89. The molecule has 1 atom stereocenters. The van der Waals surface area contributed by atoms with Crippen molar-refractivity contribution in [2.24, 2.45) is 0 Å². The Morgan fingerprint density at radius 1 is 1.10 bits per heavy atom. The number of anilines is 1. The lowest BCUT2D eigenvalue weighted by Gasteiger charge is -2.32. The molecule has 1 aliphatic rings. The van der Waals surface area contributed by atoms with E-state index in [-0.39, 0.29) is 22.3 Å². The molecule has 1 heterocycles. The summed E-state index contributed by atoms with van der Waals surface area (Å²) in [7, 11) is -3.60. The summed E-state index contributed by atoms with van der Waals surface area (Å²) in [6.45, 7) is -0.522. The first kappa shape index (κ1) is 21.2. The van der Waals surface area contributed by atoms with Crippen LogP contribution in [-0.2, 0) is 10.0 Å². The fraction of sp³-hybridized carbons (Fsp3) is 0.350. The van der Waals surface area contributed by atoms with Gasteiger partial charge in [-0.05, 0) is 68.3 Å². The van der Waals surface area contributed by atoms with E-state index < -0.39 is 22.5 Å². The average molecular weight is 424 g/mol. The van der Waals surface area contributed by atoms with Crippen molar-refractivity contribution in [2.75, 3.05) is 11.9 Å². The summed E-state index contributed by atoms with van der Waals surface area (Å²) in [5, 5.41) is 2.63. The van der Waals surface area contributed by atoms with E-state index in [2.05, 4.69) is 10.1 Å². The zero-order valence-corrected chi connectivity index (χ0v) is 16.7. The van der Waals surface area contributed by atoms with Gasteiger partial charge >= 0.3 is 6.61 Å². The average Bonchev–Trinajstić information content (AvgIpc) is 2.69. The number of nitrogens with one attached hydrogen (secondary N) is 1. The second kappa shape index (κ2) is 8.87. The smallest absolute Gasteiger partial charge is 0.387 e. The Morgan fingerprint density at radius 3 is 2.34 bits per heavy atom. The molecule has 9 heteroatoms. The number of alkyl halides is 2. The molecule has 2 aromatic carbocycles. The molecule has 0 aromatic heterocycles. The summed E-state index contributed by atoms with van der Waals surface area (Å²) in [4.78, 5) is 12.5. The van der Waals surface area contributed by atoms with Gasteiger partial charge in [-0.15, -0.1) is 0 Å². The van der Waals surface area contributed by atoms with Crippen molar-refractivity contribution >= 4 is 21.6 Å². The quantitative estimate of drug-likeness (QED) is 0.758. The molecule has 1 saturated heterocycles. The highest BCUT2D eigenvalue weighted by Crippen LogP contribution is 2.25. The van der Waals surface area contributed by atoms with E-state index in [9.17, 15) is 22.0 Å². The molecule has 0 bridgehead atoms. The topological polar surface area (TPSA) is 75.7 Å². The molecule has 3 rings (SSSR count). The van der Waals surface area contributed by atoms with Gasteiger partial charge in [-0.3, -0.25) is 4.79 Å². The Hall–Kier alpha value is -2.52. The summed E-state index contributed by atoms with van der Waals surface area (Å²) in [6.07, 6.45) is 2.69. The van der Waals surface area contributed by atoms with Gasteiger partial charge in [0, 0.05) is 23.8 Å². The number of ether oxygens (including phenoxy) is 1. The van der Waals surface area contributed by atoms with Crippen molar-refractivity contribution < 1.29 is 26.7 Å². The van der Waals surface area contributed by atoms with Crippen molar-refractivity contribution in [2.45, 2.75) is 43.7 Å².